The van der Waals surface area contributed by atoms with Crippen LogP contribution in [0.3, 0.4) is 0 Å². The fourth-order valence-corrected chi connectivity index (χ4v) is 3.74. The Hall–Kier alpha value is -3.35. The summed E-state index contributed by atoms with van der Waals surface area (Å²) in [6.07, 6.45) is -4.13. The van der Waals surface area contributed by atoms with E-state index in [-0.39, 0.29) is 58.3 Å². The Bertz CT molecular complexity index is 1370. The summed E-state index contributed by atoms with van der Waals surface area (Å²) in [6, 6.07) is 1.68. The largest absolute Gasteiger partial charge is 0.474 e. The molecule has 0 spiro atoms. The fraction of sp³-hybridized carbons (Fsp3) is 0.455. The third-order valence-corrected chi connectivity index (χ3v) is 6.17. The topological polar surface area (TPSA) is 106 Å². The number of ether oxygens (including phenoxy) is 3. The third-order valence-electron chi connectivity index (χ3n) is 5.87. The number of alkyl halides is 3. The van der Waals surface area contributed by atoms with Crippen molar-refractivity contribution < 1.29 is 41.4 Å². The third kappa shape index (κ3) is 4.47. The van der Waals surface area contributed by atoms with Gasteiger partial charge < -0.3 is 14.2 Å². The van der Waals surface area contributed by atoms with Crippen molar-refractivity contribution in [3.8, 4) is 11.4 Å². The van der Waals surface area contributed by atoms with Crippen LogP contribution in [0.5, 0.6) is 5.75 Å². The summed E-state index contributed by atoms with van der Waals surface area (Å²) in [4.78, 5) is 49.9. The van der Waals surface area contributed by atoms with Crippen LogP contribution in [-0.2, 0) is 32.3 Å². The van der Waals surface area contributed by atoms with Crippen LogP contribution in [0.15, 0.2) is 27.8 Å². The molecular weight excluding hydrogens is 516 g/mol. The van der Waals surface area contributed by atoms with E-state index in [2.05, 4.69) is 0 Å². The second-order valence-corrected chi connectivity index (χ2v) is 8.88. The first-order valence-electron chi connectivity index (χ1n) is 10.7. The minimum atomic E-state index is -5.00. The standard InChI is InChI=1S/C22H19ClF4N2O7/c1-3-34-17(31)20(4-5-20)36-18(32)21(6-7-21)35-14-9-13(12(24)8-11(14)23)29-16(30)10-15(22(25,26)27)28(2)19(29)33/h8-10H,3-7H2,1-2H3. The lowest BCUT2D eigenvalue weighted by Crippen LogP contribution is -2.41. The van der Waals surface area contributed by atoms with Crippen molar-refractivity contribution in [2.45, 2.75) is 50.0 Å². The van der Waals surface area contributed by atoms with Crippen molar-refractivity contribution in [3.63, 3.8) is 0 Å². The maximum atomic E-state index is 14.7. The summed E-state index contributed by atoms with van der Waals surface area (Å²) in [5, 5.41) is -0.335. The number of carbonyl (C=O) groups excluding carboxylic acids is 2. The molecule has 36 heavy (non-hydrogen) atoms. The minimum absolute atomic E-state index is 0.0938. The molecule has 2 aliphatic carbocycles. The first kappa shape index (κ1) is 25.7. The van der Waals surface area contributed by atoms with Crippen LogP contribution in [0.25, 0.3) is 5.69 Å². The van der Waals surface area contributed by atoms with Gasteiger partial charge in [-0.3, -0.25) is 9.36 Å². The van der Waals surface area contributed by atoms with Gasteiger partial charge in [-0.05, 0) is 13.0 Å². The molecule has 9 nitrogen and oxygen atoms in total. The van der Waals surface area contributed by atoms with Gasteiger partial charge in [-0.2, -0.15) is 13.2 Å². The number of benzene rings is 1. The highest BCUT2D eigenvalue weighted by molar-refractivity contribution is 6.32. The molecular formula is C22H19ClF4N2O7. The lowest BCUT2D eigenvalue weighted by atomic mass is 10.2. The van der Waals surface area contributed by atoms with Gasteiger partial charge >= 0.3 is 23.8 Å². The van der Waals surface area contributed by atoms with Gasteiger partial charge in [-0.15, -0.1) is 0 Å². The molecule has 0 amide bonds. The van der Waals surface area contributed by atoms with Crippen LogP contribution in [0.2, 0.25) is 5.02 Å². The smallest absolute Gasteiger partial charge is 0.431 e. The quantitative estimate of drug-likeness (QED) is 0.397. The Morgan fingerprint density at radius 2 is 1.67 bits per heavy atom. The van der Waals surface area contributed by atoms with Crippen molar-refractivity contribution in [1.29, 1.82) is 0 Å². The molecule has 0 N–H and O–H groups in total. The fourth-order valence-electron chi connectivity index (χ4n) is 3.55. The van der Waals surface area contributed by atoms with Crippen LogP contribution in [0.4, 0.5) is 17.6 Å². The predicted molar refractivity (Wildman–Crippen MR) is 115 cm³/mol. The summed E-state index contributed by atoms with van der Waals surface area (Å²) < 4.78 is 70.4. The summed E-state index contributed by atoms with van der Waals surface area (Å²) in [5.74, 6) is -3.08. The number of aromatic nitrogens is 2. The number of rotatable bonds is 7. The Kier molecular flexibility index (Phi) is 6.18. The zero-order valence-electron chi connectivity index (χ0n) is 18.9. The van der Waals surface area contributed by atoms with Gasteiger partial charge in [-0.1, -0.05) is 11.6 Å². The average Bonchev–Trinajstić information content (AvgIpc) is 3.70. The van der Waals surface area contributed by atoms with Gasteiger partial charge in [0.25, 0.3) is 5.56 Å². The van der Waals surface area contributed by atoms with Crippen molar-refractivity contribution >= 4 is 23.5 Å². The van der Waals surface area contributed by atoms with Crippen molar-refractivity contribution in [1.82, 2.24) is 9.13 Å². The van der Waals surface area contributed by atoms with E-state index in [1.165, 1.54) is 0 Å². The van der Waals surface area contributed by atoms with E-state index < -0.39 is 57.8 Å². The maximum Gasteiger partial charge on any atom is 0.431 e. The first-order valence-corrected chi connectivity index (χ1v) is 11.1. The molecule has 0 saturated heterocycles. The zero-order chi connectivity index (χ0) is 26.6. The molecule has 2 aromatic rings. The van der Waals surface area contributed by atoms with E-state index in [4.69, 9.17) is 25.8 Å². The Morgan fingerprint density at radius 1 is 1.06 bits per heavy atom. The molecule has 0 bridgehead atoms. The minimum Gasteiger partial charge on any atom is -0.474 e. The Morgan fingerprint density at radius 3 is 2.19 bits per heavy atom. The number of hydrogen-bond acceptors (Lipinski definition) is 7. The van der Waals surface area contributed by atoms with Crippen LogP contribution < -0.4 is 16.0 Å². The van der Waals surface area contributed by atoms with Crippen molar-refractivity contribution in [2.75, 3.05) is 6.61 Å². The lowest BCUT2D eigenvalue weighted by molar-refractivity contribution is -0.176. The highest BCUT2D eigenvalue weighted by atomic mass is 35.5. The molecule has 0 unspecified atom stereocenters. The van der Waals surface area contributed by atoms with Crippen molar-refractivity contribution in [3.05, 3.63) is 55.6 Å². The van der Waals surface area contributed by atoms with Crippen LogP contribution in [0.1, 0.15) is 38.3 Å². The first-order chi connectivity index (χ1) is 16.7. The lowest BCUT2D eigenvalue weighted by Gasteiger charge is -2.22. The summed E-state index contributed by atoms with van der Waals surface area (Å²) >= 11 is 6.05. The highest BCUT2D eigenvalue weighted by Crippen LogP contribution is 2.48. The van der Waals surface area contributed by atoms with Gasteiger partial charge in [-0.25, -0.2) is 23.3 Å². The molecule has 1 heterocycles. The van der Waals surface area contributed by atoms with E-state index in [1.807, 2.05) is 0 Å². The molecule has 2 saturated carbocycles. The monoisotopic (exact) mass is 534 g/mol. The van der Waals surface area contributed by atoms with E-state index in [1.54, 1.807) is 6.92 Å². The number of carbonyl (C=O) groups is 2. The van der Waals surface area contributed by atoms with Crippen molar-refractivity contribution in [2.24, 2.45) is 7.05 Å². The molecule has 1 aromatic heterocycles. The van der Waals surface area contributed by atoms with Gasteiger partial charge in [0.1, 0.15) is 17.3 Å². The number of esters is 2. The van der Waals surface area contributed by atoms with Gasteiger partial charge in [0.05, 0.1) is 17.3 Å². The Balaban J connectivity index is 1.67. The van der Waals surface area contributed by atoms with E-state index in [0.29, 0.717) is 6.07 Å². The molecule has 0 atom stereocenters. The van der Waals surface area contributed by atoms with Gasteiger partial charge in [0.15, 0.2) is 0 Å². The number of halogens is 5. The van der Waals surface area contributed by atoms with E-state index in [0.717, 1.165) is 13.1 Å². The Labute approximate surface area is 205 Å². The summed E-state index contributed by atoms with van der Waals surface area (Å²) in [7, 11) is 0.777. The molecule has 1 aromatic carbocycles. The van der Waals surface area contributed by atoms with Crippen LogP contribution in [0, 0.1) is 5.82 Å². The zero-order valence-corrected chi connectivity index (χ0v) is 19.7. The molecule has 0 aliphatic heterocycles. The predicted octanol–water partition coefficient (Wildman–Crippen LogP) is 2.90. The second kappa shape index (κ2) is 8.64. The molecule has 194 valence electrons. The highest BCUT2D eigenvalue weighted by Gasteiger charge is 2.62. The SMILES string of the molecule is CCOC(=O)C1(OC(=O)C2(Oc3cc(-n4c(=O)cc(C(F)(F)F)n(C)c4=O)c(F)cc3Cl)CC2)CC1. The number of hydrogen-bond donors (Lipinski definition) is 0. The summed E-state index contributed by atoms with van der Waals surface area (Å²) in [5.41, 5.74) is -8.12. The molecule has 2 aliphatic rings. The van der Waals surface area contributed by atoms with E-state index in [9.17, 15) is 36.7 Å². The van der Waals surface area contributed by atoms with Gasteiger partial charge in [0.2, 0.25) is 11.2 Å². The maximum absolute atomic E-state index is 14.7. The van der Waals surface area contributed by atoms with E-state index >= 15 is 0 Å². The van der Waals surface area contributed by atoms with Crippen LogP contribution >= 0.6 is 11.6 Å². The van der Waals surface area contributed by atoms with Gasteiger partial charge in [0, 0.05) is 44.9 Å². The molecule has 4 rings (SSSR count). The van der Waals surface area contributed by atoms with Crippen LogP contribution in [-0.4, -0.2) is 38.9 Å². The second-order valence-electron chi connectivity index (χ2n) is 8.48. The average molecular weight is 535 g/mol. The molecule has 2 fully saturated rings. The summed E-state index contributed by atoms with van der Waals surface area (Å²) in [6.45, 7) is 1.70. The molecule has 14 heteroatoms. The molecule has 0 radical (unpaired) electrons. The normalized spacial score (nSPS) is 17.3. The number of nitrogens with zero attached hydrogens (tertiary/aromatic N) is 2.